The van der Waals surface area contributed by atoms with Crippen LogP contribution >= 0.6 is 0 Å². The highest BCUT2D eigenvalue weighted by Gasteiger charge is 2.13. The quantitative estimate of drug-likeness (QED) is 0.327. The van der Waals surface area contributed by atoms with Crippen molar-refractivity contribution >= 4 is 11.9 Å². The van der Waals surface area contributed by atoms with Crippen molar-refractivity contribution in [3.8, 4) is 0 Å². The molecule has 0 saturated carbocycles. The van der Waals surface area contributed by atoms with Gasteiger partial charge in [0.15, 0.2) is 0 Å². The Kier molecular flexibility index (Phi) is 9.84. The molecule has 0 bridgehead atoms. The third kappa shape index (κ3) is 13.8. The van der Waals surface area contributed by atoms with E-state index in [4.69, 9.17) is 21.1 Å². The molecular formula is C6H14N2O5. The summed E-state index contributed by atoms with van der Waals surface area (Å²) in [7, 11) is 0. The summed E-state index contributed by atoms with van der Waals surface area (Å²) in [5, 5.41) is 23.3. The number of hydrogen-bond acceptors (Lipinski definition) is 5. The van der Waals surface area contributed by atoms with Crippen molar-refractivity contribution in [3.63, 3.8) is 0 Å². The summed E-state index contributed by atoms with van der Waals surface area (Å²) in [5.74, 6) is -1.92. The highest BCUT2D eigenvalue weighted by atomic mass is 16.4. The SMILES string of the molecule is NC(=O)CC(N)C(=O)O.OCCO. The van der Waals surface area contributed by atoms with Gasteiger partial charge in [0.2, 0.25) is 5.91 Å². The minimum atomic E-state index is -1.21. The van der Waals surface area contributed by atoms with Crippen molar-refractivity contribution in [1.29, 1.82) is 0 Å². The van der Waals surface area contributed by atoms with E-state index in [1.807, 2.05) is 0 Å². The van der Waals surface area contributed by atoms with Crippen molar-refractivity contribution in [2.24, 2.45) is 11.5 Å². The van der Waals surface area contributed by atoms with Gasteiger partial charge in [-0.15, -0.1) is 0 Å². The second-order valence-electron chi connectivity index (χ2n) is 2.06. The molecule has 0 heterocycles. The molecule has 7 N–H and O–H groups in total. The van der Waals surface area contributed by atoms with E-state index in [2.05, 4.69) is 5.73 Å². The molecule has 78 valence electrons. The van der Waals surface area contributed by atoms with Gasteiger partial charge in [-0.25, -0.2) is 0 Å². The predicted octanol–water partition coefficient (Wildman–Crippen LogP) is -2.76. The third-order valence-corrected chi connectivity index (χ3v) is 0.838. The maximum Gasteiger partial charge on any atom is 0.321 e. The number of carboxylic acids is 1. The molecule has 0 spiro atoms. The van der Waals surface area contributed by atoms with E-state index in [1.165, 1.54) is 0 Å². The van der Waals surface area contributed by atoms with E-state index in [1.54, 1.807) is 0 Å². The molecular weight excluding hydrogens is 180 g/mol. The lowest BCUT2D eigenvalue weighted by atomic mass is 10.2. The van der Waals surface area contributed by atoms with E-state index in [0.717, 1.165) is 0 Å². The lowest BCUT2D eigenvalue weighted by molar-refractivity contribution is -0.140. The molecule has 1 unspecified atom stereocenters. The van der Waals surface area contributed by atoms with Gasteiger partial charge in [0.05, 0.1) is 19.6 Å². The van der Waals surface area contributed by atoms with Crippen LogP contribution < -0.4 is 11.5 Å². The van der Waals surface area contributed by atoms with E-state index in [0.29, 0.717) is 0 Å². The number of rotatable bonds is 4. The highest BCUT2D eigenvalue weighted by molar-refractivity contribution is 5.82. The van der Waals surface area contributed by atoms with E-state index in [9.17, 15) is 9.59 Å². The Morgan fingerprint density at radius 3 is 1.69 bits per heavy atom. The highest BCUT2D eigenvalue weighted by Crippen LogP contribution is 1.84. The molecule has 0 aromatic heterocycles. The summed E-state index contributed by atoms with van der Waals surface area (Å²) in [6.07, 6.45) is -0.310. The molecule has 7 heteroatoms. The molecule has 1 atom stereocenters. The molecule has 0 aromatic rings. The number of carbonyl (C=O) groups excluding carboxylic acids is 1. The largest absolute Gasteiger partial charge is 0.480 e. The number of primary amides is 1. The zero-order valence-electron chi connectivity index (χ0n) is 7.01. The average molecular weight is 194 g/mol. The maximum atomic E-state index is 9.99. The number of aliphatic hydroxyl groups excluding tert-OH is 2. The van der Waals surface area contributed by atoms with Gasteiger partial charge in [-0.05, 0) is 0 Å². The summed E-state index contributed by atoms with van der Waals surface area (Å²) in [4.78, 5) is 19.9. The number of aliphatic hydroxyl groups is 2. The smallest absolute Gasteiger partial charge is 0.321 e. The number of amides is 1. The minimum Gasteiger partial charge on any atom is -0.480 e. The Bertz CT molecular complexity index is 159. The molecule has 0 aliphatic rings. The fraction of sp³-hybridized carbons (Fsp3) is 0.667. The summed E-state index contributed by atoms with van der Waals surface area (Å²) in [5.41, 5.74) is 9.57. The summed E-state index contributed by atoms with van der Waals surface area (Å²) >= 11 is 0. The van der Waals surface area contributed by atoms with Gasteiger partial charge in [-0.2, -0.15) is 0 Å². The van der Waals surface area contributed by atoms with Crippen LogP contribution in [0.2, 0.25) is 0 Å². The summed E-state index contributed by atoms with van der Waals surface area (Å²) in [6.45, 7) is -0.250. The van der Waals surface area contributed by atoms with Crippen LogP contribution in [0, 0.1) is 0 Å². The topological polar surface area (TPSA) is 147 Å². The Balaban J connectivity index is 0. The number of nitrogens with two attached hydrogens (primary N) is 2. The van der Waals surface area contributed by atoms with E-state index in [-0.39, 0.29) is 19.6 Å². The van der Waals surface area contributed by atoms with E-state index < -0.39 is 17.9 Å². The number of carboxylic acid groups (broad SMARTS) is 1. The number of aliphatic carboxylic acids is 1. The Morgan fingerprint density at radius 1 is 1.23 bits per heavy atom. The van der Waals surface area contributed by atoms with Gasteiger partial charge in [0.1, 0.15) is 6.04 Å². The molecule has 13 heavy (non-hydrogen) atoms. The van der Waals surface area contributed by atoms with Crippen molar-refractivity contribution in [1.82, 2.24) is 0 Å². The Morgan fingerprint density at radius 2 is 1.62 bits per heavy atom. The zero-order valence-corrected chi connectivity index (χ0v) is 7.01. The molecule has 0 fully saturated rings. The Labute approximate surface area is 75.0 Å². The van der Waals surface area contributed by atoms with Crippen molar-refractivity contribution < 1.29 is 24.9 Å². The van der Waals surface area contributed by atoms with Gasteiger partial charge >= 0.3 is 5.97 Å². The monoisotopic (exact) mass is 194 g/mol. The van der Waals surface area contributed by atoms with Crippen LogP contribution in [-0.2, 0) is 9.59 Å². The van der Waals surface area contributed by atoms with Crippen LogP contribution in [-0.4, -0.2) is 46.5 Å². The van der Waals surface area contributed by atoms with Crippen LogP contribution in [0.5, 0.6) is 0 Å². The van der Waals surface area contributed by atoms with Gasteiger partial charge in [-0.3, -0.25) is 9.59 Å². The molecule has 0 rings (SSSR count). The molecule has 0 saturated heterocycles. The van der Waals surface area contributed by atoms with Gasteiger partial charge in [0.25, 0.3) is 0 Å². The fourth-order valence-corrected chi connectivity index (χ4v) is 0.304. The van der Waals surface area contributed by atoms with Crippen LogP contribution in [0.15, 0.2) is 0 Å². The second-order valence-corrected chi connectivity index (χ2v) is 2.06. The zero-order chi connectivity index (χ0) is 10.9. The molecule has 0 radical (unpaired) electrons. The lowest BCUT2D eigenvalue weighted by Gasteiger charge is -1.99. The molecule has 0 aliphatic heterocycles. The first kappa shape index (κ1) is 14.3. The first-order chi connectivity index (χ1) is 5.95. The van der Waals surface area contributed by atoms with Gasteiger partial charge < -0.3 is 26.8 Å². The van der Waals surface area contributed by atoms with Gasteiger partial charge in [-0.1, -0.05) is 0 Å². The van der Waals surface area contributed by atoms with E-state index >= 15 is 0 Å². The van der Waals surface area contributed by atoms with Crippen molar-refractivity contribution in [3.05, 3.63) is 0 Å². The fourth-order valence-electron chi connectivity index (χ4n) is 0.304. The number of hydrogen-bond donors (Lipinski definition) is 5. The molecule has 0 aliphatic carbocycles. The summed E-state index contributed by atoms with van der Waals surface area (Å²) < 4.78 is 0. The second kappa shape index (κ2) is 8.91. The minimum absolute atomic E-state index is 0.125. The van der Waals surface area contributed by atoms with Crippen molar-refractivity contribution in [2.45, 2.75) is 12.5 Å². The lowest BCUT2D eigenvalue weighted by Crippen LogP contribution is -2.34. The maximum absolute atomic E-state index is 9.99. The number of carbonyl (C=O) groups is 2. The van der Waals surface area contributed by atoms with Crippen LogP contribution in [0.4, 0.5) is 0 Å². The molecule has 1 amide bonds. The summed E-state index contributed by atoms with van der Waals surface area (Å²) in [6, 6.07) is -1.16. The first-order valence-electron chi connectivity index (χ1n) is 3.44. The molecule has 7 nitrogen and oxygen atoms in total. The van der Waals surface area contributed by atoms with Crippen LogP contribution in [0.3, 0.4) is 0 Å². The van der Waals surface area contributed by atoms with Crippen molar-refractivity contribution in [2.75, 3.05) is 13.2 Å². The Hall–Kier alpha value is -1.18. The van der Waals surface area contributed by atoms with Gasteiger partial charge in [0, 0.05) is 0 Å². The van der Waals surface area contributed by atoms with Crippen LogP contribution in [0.25, 0.3) is 0 Å². The average Bonchev–Trinajstić information content (AvgIpc) is 2.03. The standard InChI is InChI=1S/C4H8N2O3.C2H6O2/c5-2(4(8)9)1-3(6)7;3-1-2-4/h2H,1,5H2,(H2,6,7)(H,8,9);3-4H,1-2H2. The third-order valence-electron chi connectivity index (χ3n) is 0.838. The molecule has 0 aromatic carbocycles. The predicted molar refractivity (Wildman–Crippen MR) is 43.6 cm³/mol. The first-order valence-corrected chi connectivity index (χ1v) is 3.44. The van der Waals surface area contributed by atoms with Crippen LogP contribution in [0.1, 0.15) is 6.42 Å². The normalized spacial score (nSPS) is 11.0.